The van der Waals surface area contributed by atoms with Gasteiger partial charge in [0.15, 0.2) is 5.96 Å². The molecule has 1 fully saturated rings. The molecule has 0 aliphatic carbocycles. The van der Waals surface area contributed by atoms with Gasteiger partial charge in [0.1, 0.15) is 5.75 Å². The molecule has 0 atom stereocenters. The average Bonchev–Trinajstić information content (AvgIpc) is 2.59. The summed E-state index contributed by atoms with van der Waals surface area (Å²) in [5.74, 6) is 1.82. The van der Waals surface area contributed by atoms with E-state index in [1.165, 1.54) is 5.56 Å². The molecule has 1 aliphatic heterocycles. The minimum absolute atomic E-state index is 0.0789. The fraction of sp³-hybridized carbons (Fsp3) is 0.632. The summed E-state index contributed by atoms with van der Waals surface area (Å²) in [6.45, 7) is 9.74. The van der Waals surface area contributed by atoms with Crippen LogP contribution >= 0.6 is 0 Å². The lowest BCUT2D eigenvalue weighted by Gasteiger charge is -2.33. The van der Waals surface area contributed by atoms with E-state index in [4.69, 9.17) is 9.73 Å². The molecule has 1 saturated heterocycles. The Balaban J connectivity index is 2.11. The molecular formula is C19H31N3O2. The highest BCUT2D eigenvalue weighted by molar-refractivity contribution is 5.80. The Bertz CT molecular complexity index is 549. The highest BCUT2D eigenvalue weighted by atomic mass is 16.5. The van der Waals surface area contributed by atoms with Crippen molar-refractivity contribution in [3.05, 3.63) is 29.8 Å². The van der Waals surface area contributed by atoms with E-state index in [2.05, 4.69) is 43.1 Å². The second-order valence-corrected chi connectivity index (χ2v) is 7.00. The predicted molar refractivity (Wildman–Crippen MR) is 98.8 cm³/mol. The molecule has 1 aromatic rings. The number of likely N-dealkylation sites (tertiary alicyclic amines) is 1. The Hall–Kier alpha value is -1.75. The third kappa shape index (κ3) is 4.87. The van der Waals surface area contributed by atoms with Crippen molar-refractivity contribution < 1.29 is 9.84 Å². The van der Waals surface area contributed by atoms with E-state index in [0.29, 0.717) is 6.54 Å². The minimum atomic E-state index is -0.169. The van der Waals surface area contributed by atoms with Crippen molar-refractivity contribution in [1.82, 2.24) is 10.2 Å². The summed E-state index contributed by atoms with van der Waals surface area (Å²) in [6.07, 6.45) is 1.45. The molecule has 0 unspecified atom stereocenters. The first-order valence-electron chi connectivity index (χ1n) is 8.82. The fourth-order valence-electron chi connectivity index (χ4n) is 2.91. The molecule has 1 heterocycles. The summed E-state index contributed by atoms with van der Waals surface area (Å²) in [4.78, 5) is 7.12. The summed E-state index contributed by atoms with van der Waals surface area (Å²) in [6, 6.07) is 8.20. The van der Waals surface area contributed by atoms with Crippen LogP contribution in [0.2, 0.25) is 0 Å². The normalized spacial score (nSPS) is 17.0. The maximum absolute atomic E-state index is 9.70. The van der Waals surface area contributed by atoms with Crippen molar-refractivity contribution >= 4 is 5.96 Å². The van der Waals surface area contributed by atoms with Gasteiger partial charge in [-0.05, 0) is 37.5 Å². The lowest BCUT2D eigenvalue weighted by molar-refractivity contribution is 0.108. The molecule has 0 saturated carbocycles. The van der Waals surface area contributed by atoms with Gasteiger partial charge in [-0.2, -0.15) is 0 Å². The third-order valence-electron chi connectivity index (χ3n) is 4.57. The molecule has 1 aliphatic rings. The first-order chi connectivity index (χ1) is 11.5. The Morgan fingerprint density at radius 2 is 2.08 bits per heavy atom. The minimum Gasteiger partial charge on any atom is -0.497 e. The van der Waals surface area contributed by atoms with Gasteiger partial charge in [0.2, 0.25) is 0 Å². The zero-order valence-corrected chi connectivity index (χ0v) is 15.4. The molecule has 2 N–H and O–H groups in total. The Kier molecular flexibility index (Phi) is 6.49. The predicted octanol–water partition coefficient (Wildman–Crippen LogP) is 2.40. The topological polar surface area (TPSA) is 57.1 Å². The van der Waals surface area contributed by atoms with Crippen molar-refractivity contribution in [3.63, 3.8) is 0 Å². The van der Waals surface area contributed by atoms with Crippen LogP contribution in [0, 0.1) is 0 Å². The zero-order valence-electron chi connectivity index (χ0n) is 15.4. The molecule has 5 heteroatoms. The summed E-state index contributed by atoms with van der Waals surface area (Å²) < 4.78 is 5.34. The standard InChI is InChI=1S/C19H31N3O2/c1-5-20-18(22-11-9-16(23)10-12-22)21-14-19(2,3)15-7-6-8-17(13-15)24-4/h6-8,13,16,23H,5,9-12,14H2,1-4H3,(H,20,21). The van der Waals surface area contributed by atoms with Gasteiger partial charge in [-0.3, -0.25) is 4.99 Å². The summed E-state index contributed by atoms with van der Waals surface area (Å²) in [7, 11) is 1.69. The molecule has 0 amide bonds. The lowest BCUT2D eigenvalue weighted by atomic mass is 9.84. The molecule has 0 spiro atoms. The van der Waals surface area contributed by atoms with E-state index in [1.807, 2.05) is 12.1 Å². The molecule has 24 heavy (non-hydrogen) atoms. The number of hydrogen-bond donors (Lipinski definition) is 2. The zero-order chi connectivity index (χ0) is 17.6. The third-order valence-corrected chi connectivity index (χ3v) is 4.57. The van der Waals surface area contributed by atoms with Gasteiger partial charge in [-0.1, -0.05) is 26.0 Å². The average molecular weight is 333 g/mol. The van der Waals surface area contributed by atoms with Crippen molar-refractivity contribution in [2.24, 2.45) is 4.99 Å². The largest absolute Gasteiger partial charge is 0.497 e. The summed E-state index contributed by atoms with van der Waals surface area (Å²) in [5.41, 5.74) is 1.14. The molecule has 2 rings (SSSR count). The van der Waals surface area contributed by atoms with Gasteiger partial charge in [0.25, 0.3) is 0 Å². The molecule has 1 aromatic carbocycles. The Labute approximate surface area is 145 Å². The number of nitrogens with zero attached hydrogens (tertiary/aromatic N) is 2. The van der Waals surface area contributed by atoms with E-state index in [1.54, 1.807) is 7.11 Å². The fourth-order valence-corrected chi connectivity index (χ4v) is 2.91. The SMILES string of the molecule is CCNC(=NCC(C)(C)c1cccc(OC)c1)N1CCC(O)CC1. The summed E-state index contributed by atoms with van der Waals surface area (Å²) in [5, 5.41) is 13.1. The number of ether oxygens (including phenoxy) is 1. The van der Waals surface area contributed by atoms with Crippen molar-refractivity contribution in [3.8, 4) is 5.75 Å². The highest BCUT2D eigenvalue weighted by Gasteiger charge is 2.23. The number of hydrogen-bond acceptors (Lipinski definition) is 3. The van der Waals surface area contributed by atoms with Gasteiger partial charge in [0.05, 0.1) is 19.8 Å². The quantitative estimate of drug-likeness (QED) is 0.642. The van der Waals surface area contributed by atoms with Gasteiger partial charge in [0, 0.05) is 25.0 Å². The number of aliphatic hydroxyl groups is 1. The monoisotopic (exact) mass is 333 g/mol. The van der Waals surface area contributed by atoms with Crippen molar-refractivity contribution in [2.75, 3.05) is 33.3 Å². The van der Waals surface area contributed by atoms with E-state index >= 15 is 0 Å². The van der Waals surface area contributed by atoms with Crippen LogP contribution in [-0.4, -0.2) is 55.4 Å². The molecule has 0 radical (unpaired) electrons. The van der Waals surface area contributed by atoms with Gasteiger partial charge >= 0.3 is 0 Å². The number of methoxy groups -OCH3 is 1. The molecule has 5 nitrogen and oxygen atoms in total. The maximum atomic E-state index is 9.70. The highest BCUT2D eigenvalue weighted by Crippen LogP contribution is 2.27. The lowest BCUT2D eigenvalue weighted by Crippen LogP contribution is -2.47. The van der Waals surface area contributed by atoms with Crippen LogP contribution in [-0.2, 0) is 5.41 Å². The number of piperidine rings is 1. The van der Waals surface area contributed by atoms with E-state index in [0.717, 1.165) is 44.2 Å². The number of nitrogens with one attached hydrogen (secondary N) is 1. The van der Waals surface area contributed by atoms with E-state index in [-0.39, 0.29) is 11.5 Å². The van der Waals surface area contributed by atoms with Crippen molar-refractivity contribution in [1.29, 1.82) is 0 Å². The first kappa shape index (κ1) is 18.6. The number of guanidine groups is 1. The molecule has 134 valence electrons. The summed E-state index contributed by atoms with van der Waals surface area (Å²) >= 11 is 0. The van der Waals surface area contributed by atoms with Gasteiger partial charge < -0.3 is 20.1 Å². The molecule has 0 bridgehead atoms. The second kappa shape index (κ2) is 8.38. The van der Waals surface area contributed by atoms with Crippen LogP contribution in [0.3, 0.4) is 0 Å². The van der Waals surface area contributed by atoms with Crippen LogP contribution in [0.25, 0.3) is 0 Å². The Morgan fingerprint density at radius 3 is 2.71 bits per heavy atom. The number of aliphatic imine (C=N–C) groups is 1. The van der Waals surface area contributed by atoms with Crippen LogP contribution in [0.4, 0.5) is 0 Å². The van der Waals surface area contributed by atoms with E-state index < -0.39 is 0 Å². The van der Waals surface area contributed by atoms with Crippen LogP contribution in [0.5, 0.6) is 5.75 Å². The van der Waals surface area contributed by atoms with Gasteiger partial charge in [-0.25, -0.2) is 0 Å². The molecular weight excluding hydrogens is 302 g/mol. The molecule has 0 aromatic heterocycles. The maximum Gasteiger partial charge on any atom is 0.193 e. The smallest absolute Gasteiger partial charge is 0.193 e. The van der Waals surface area contributed by atoms with Crippen LogP contribution in [0.1, 0.15) is 39.2 Å². The van der Waals surface area contributed by atoms with Crippen LogP contribution < -0.4 is 10.1 Å². The number of rotatable bonds is 5. The van der Waals surface area contributed by atoms with E-state index in [9.17, 15) is 5.11 Å². The number of aliphatic hydroxyl groups excluding tert-OH is 1. The first-order valence-corrected chi connectivity index (χ1v) is 8.82. The van der Waals surface area contributed by atoms with Crippen molar-refractivity contribution in [2.45, 2.75) is 45.1 Å². The van der Waals surface area contributed by atoms with Crippen LogP contribution in [0.15, 0.2) is 29.3 Å². The van der Waals surface area contributed by atoms with Gasteiger partial charge in [-0.15, -0.1) is 0 Å². The second-order valence-electron chi connectivity index (χ2n) is 7.00. The number of benzene rings is 1. The Morgan fingerprint density at radius 1 is 1.38 bits per heavy atom.